The molecule has 2 atom stereocenters. The van der Waals surface area contributed by atoms with Gasteiger partial charge in [0.05, 0.1) is 0 Å². The highest BCUT2D eigenvalue weighted by Crippen LogP contribution is 2.46. The highest BCUT2D eigenvalue weighted by atomic mass is 79.9. The fraction of sp³-hybridized carbons (Fsp3) is 0.250. The first kappa shape index (κ1) is 28.8. The van der Waals surface area contributed by atoms with Crippen LogP contribution in [0, 0.1) is 41.5 Å². The highest BCUT2D eigenvalue weighted by Gasteiger charge is 2.30. The monoisotopic (exact) mass is 746 g/mol. The molecule has 0 radical (unpaired) electrons. The maximum absolute atomic E-state index is 7.37. The Kier molecular flexibility index (Phi) is 9.23. The highest BCUT2D eigenvalue weighted by molar-refractivity contribution is 9.13. The van der Waals surface area contributed by atoms with Crippen LogP contribution in [0.15, 0.2) is 78.6 Å². The fourth-order valence-corrected chi connectivity index (χ4v) is 7.09. The molecule has 0 bridgehead atoms. The number of hydrogen-bond acceptors (Lipinski definition) is 1. The van der Waals surface area contributed by atoms with Crippen molar-refractivity contribution in [3.05, 3.63) is 134 Å². The molecule has 0 amide bonds. The summed E-state index contributed by atoms with van der Waals surface area (Å²) in [5.74, 6) is 0. The first-order valence-corrected chi connectivity index (χ1v) is 15.4. The molecule has 0 aliphatic heterocycles. The van der Waals surface area contributed by atoms with Crippen molar-refractivity contribution in [1.82, 2.24) is 0 Å². The molecular weight excluding hydrogens is 720 g/mol. The smallest absolute Gasteiger partial charge is 0.110 e. The SMILES string of the molecule is Cc1cc(C)c(C(OC(c2cccc(Br)c2Br)c2c(C)cc(C)cc2C)c2cccc(Br)c2Br)c(C)c1. The van der Waals surface area contributed by atoms with Crippen LogP contribution < -0.4 is 0 Å². The second-order valence-electron chi connectivity index (χ2n) is 9.81. The summed E-state index contributed by atoms with van der Waals surface area (Å²) in [7, 11) is 0. The number of halogens is 4. The molecule has 0 aromatic heterocycles. The van der Waals surface area contributed by atoms with Crippen molar-refractivity contribution < 1.29 is 4.74 Å². The molecule has 0 spiro atoms. The number of rotatable bonds is 6. The maximum atomic E-state index is 7.37. The lowest BCUT2D eigenvalue weighted by Gasteiger charge is -2.32. The third-order valence-corrected chi connectivity index (χ3v) is 11.0. The quantitative estimate of drug-likeness (QED) is 0.191. The third-order valence-electron chi connectivity index (χ3n) is 6.80. The lowest BCUT2D eigenvalue weighted by atomic mass is 9.89. The molecular formula is C32H30Br4O. The average molecular weight is 750 g/mol. The van der Waals surface area contributed by atoms with Gasteiger partial charge in [-0.15, -0.1) is 0 Å². The summed E-state index contributed by atoms with van der Waals surface area (Å²) in [5.41, 5.74) is 12.0. The van der Waals surface area contributed by atoms with Crippen LogP contribution in [0.25, 0.3) is 0 Å². The van der Waals surface area contributed by atoms with Gasteiger partial charge in [0, 0.05) is 29.0 Å². The Bertz CT molecular complexity index is 1320. The third kappa shape index (κ3) is 6.01. The van der Waals surface area contributed by atoms with Crippen molar-refractivity contribution in [2.45, 2.75) is 53.8 Å². The number of hydrogen-bond donors (Lipinski definition) is 0. The lowest BCUT2D eigenvalue weighted by molar-refractivity contribution is 0.0287. The molecule has 0 fully saturated rings. The molecule has 2 unspecified atom stereocenters. The van der Waals surface area contributed by atoms with Gasteiger partial charge in [-0.05, 0) is 151 Å². The van der Waals surface area contributed by atoms with Gasteiger partial charge < -0.3 is 4.74 Å². The maximum Gasteiger partial charge on any atom is 0.110 e. The van der Waals surface area contributed by atoms with Crippen molar-refractivity contribution in [2.24, 2.45) is 0 Å². The van der Waals surface area contributed by atoms with Crippen LogP contribution in [0.3, 0.4) is 0 Å². The topological polar surface area (TPSA) is 9.23 Å². The number of aryl methyl sites for hydroxylation is 6. The van der Waals surface area contributed by atoms with Gasteiger partial charge in [-0.25, -0.2) is 0 Å². The zero-order chi connectivity index (χ0) is 27.0. The van der Waals surface area contributed by atoms with Crippen LogP contribution in [0.5, 0.6) is 0 Å². The van der Waals surface area contributed by atoms with E-state index in [0.717, 1.165) is 29.0 Å². The van der Waals surface area contributed by atoms with Crippen molar-refractivity contribution in [2.75, 3.05) is 0 Å². The van der Waals surface area contributed by atoms with E-state index in [1.54, 1.807) is 0 Å². The summed E-state index contributed by atoms with van der Waals surface area (Å²) >= 11 is 15.2. The molecule has 5 heteroatoms. The molecule has 37 heavy (non-hydrogen) atoms. The minimum Gasteiger partial charge on any atom is -0.356 e. The molecule has 0 saturated heterocycles. The minimum atomic E-state index is -0.302. The van der Waals surface area contributed by atoms with E-state index >= 15 is 0 Å². The Labute approximate surface area is 254 Å². The zero-order valence-corrected chi connectivity index (χ0v) is 28.2. The van der Waals surface area contributed by atoms with Crippen LogP contribution in [0.4, 0.5) is 0 Å². The van der Waals surface area contributed by atoms with Crippen molar-refractivity contribution in [3.63, 3.8) is 0 Å². The van der Waals surface area contributed by atoms with Crippen LogP contribution in [-0.4, -0.2) is 0 Å². The molecule has 4 rings (SSSR count). The Morgan fingerprint density at radius 3 is 1.16 bits per heavy atom. The Hall–Kier alpha value is -1.24. The van der Waals surface area contributed by atoms with Crippen molar-refractivity contribution in [3.8, 4) is 0 Å². The lowest BCUT2D eigenvalue weighted by Crippen LogP contribution is -2.18. The van der Waals surface area contributed by atoms with E-state index in [0.29, 0.717) is 0 Å². The summed E-state index contributed by atoms with van der Waals surface area (Å²) in [6.45, 7) is 13.0. The first-order valence-electron chi connectivity index (χ1n) is 12.2. The first-order chi connectivity index (χ1) is 17.5. The van der Waals surface area contributed by atoms with Gasteiger partial charge in [0.25, 0.3) is 0 Å². The van der Waals surface area contributed by atoms with Gasteiger partial charge in [0.1, 0.15) is 12.2 Å². The van der Waals surface area contributed by atoms with Gasteiger partial charge in [0.2, 0.25) is 0 Å². The van der Waals surface area contributed by atoms with Crippen LogP contribution in [0.1, 0.15) is 67.8 Å². The molecule has 0 heterocycles. The van der Waals surface area contributed by atoms with E-state index in [1.165, 1.54) is 44.5 Å². The predicted octanol–water partition coefficient (Wildman–Crippen LogP) is 11.5. The normalized spacial score (nSPS) is 13.0. The number of benzene rings is 4. The van der Waals surface area contributed by atoms with E-state index < -0.39 is 0 Å². The number of ether oxygens (including phenoxy) is 1. The van der Waals surface area contributed by atoms with E-state index in [2.05, 4.69) is 166 Å². The van der Waals surface area contributed by atoms with Gasteiger partial charge >= 0.3 is 0 Å². The molecule has 192 valence electrons. The Balaban J connectivity index is 2.02. The Morgan fingerprint density at radius 1 is 0.514 bits per heavy atom. The molecule has 0 aliphatic carbocycles. The van der Waals surface area contributed by atoms with Crippen LogP contribution in [-0.2, 0) is 4.74 Å². The van der Waals surface area contributed by atoms with E-state index in [1.807, 2.05) is 0 Å². The van der Waals surface area contributed by atoms with Gasteiger partial charge in [-0.1, -0.05) is 59.7 Å². The van der Waals surface area contributed by atoms with Crippen LogP contribution in [0.2, 0.25) is 0 Å². The molecule has 0 saturated carbocycles. The molecule has 0 aliphatic rings. The predicted molar refractivity (Wildman–Crippen MR) is 170 cm³/mol. The zero-order valence-electron chi connectivity index (χ0n) is 21.8. The van der Waals surface area contributed by atoms with Gasteiger partial charge in [-0.3, -0.25) is 0 Å². The molecule has 4 aromatic carbocycles. The van der Waals surface area contributed by atoms with E-state index in [9.17, 15) is 0 Å². The van der Waals surface area contributed by atoms with Gasteiger partial charge in [0.15, 0.2) is 0 Å². The van der Waals surface area contributed by atoms with Crippen molar-refractivity contribution >= 4 is 63.7 Å². The minimum absolute atomic E-state index is 0.302. The summed E-state index contributed by atoms with van der Waals surface area (Å²) in [6, 6.07) is 21.5. The van der Waals surface area contributed by atoms with Crippen molar-refractivity contribution in [1.29, 1.82) is 0 Å². The van der Waals surface area contributed by atoms with E-state index in [4.69, 9.17) is 4.74 Å². The molecule has 4 aromatic rings. The molecule has 0 N–H and O–H groups in total. The summed E-state index contributed by atoms with van der Waals surface area (Å²) in [5, 5.41) is 0. The fourth-order valence-electron chi connectivity index (χ4n) is 5.39. The summed E-state index contributed by atoms with van der Waals surface area (Å²) < 4.78 is 11.4. The van der Waals surface area contributed by atoms with Gasteiger partial charge in [-0.2, -0.15) is 0 Å². The second-order valence-corrected chi connectivity index (χ2v) is 13.1. The summed E-state index contributed by atoms with van der Waals surface area (Å²) in [4.78, 5) is 0. The molecule has 1 nitrogen and oxygen atoms in total. The standard InChI is InChI=1S/C32H30Br4O/c1-17-13-19(3)27(20(4)14-17)31(23-9-7-11-25(33)29(23)35)37-32(24-10-8-12-26(34)30(24)36)28-21(5)15-18(2)16-22(28)6/h7-16,31-32H,1-6H3. The largest absolute Gasteiger partial charge is 0.356 e. The van der Waals surface area contributed by atoms with E-state index in [-0.39, 0.29) is 12.2 Å². The second kappa shape index (κ2) is 11.9. The Morgan fingerprint density at radius 2 is 0.838 bits per heavy atom. The average Bonchev–Trinajstić information content (AvgIpc) is 2.80. The summed E-state index contributed by atoms with van der Waals surface area (Å²) in [6.07, 6.45) is -0.605. The van der Waals surface area contributed by atoms with Crippen LogP contribution >= 0.6 is 63.7 Å².